The van der Waals surface area contributed by atoms with Crippen molar-refractivity contribution in [2.24, 2.45) is 0 Å². The van der Waals surface area contributed by atoms with Crippen molar-refractivity contribution in [2.45, 2.75) is 25.3 Å². The van der Waals surface area contributed by atoms with Gasteiger partial charge in [-0.2, -0.15) is 0 Å². The first kappa shape index (κ1) is 17.0. The third-order valence-electron chi connectivity index (χ3n) is 4.55. The molecule has 1 aromatic heterocycles. The van der Waals surface area contributed by atoms with Gasteiger partial charge in [-0.25, -0.2) is 4.39 Å². The lowest BCUT2D eigenvalue weighted by Gasteiger charge is -2.33. The number of likely N-dealkylation sites (tertiary alicyclic amines) is 1. The van der Waals surface area contributed by atoms with Crippen LogP contribution in [0.2, 0.25) is 5.02 Å². The van der Waals surface area contributed by atoms with Gasteiger partial charge in [-0.3, -0.25) is 9.69 Å². The molecule has 1 amide bonds. The van der Waals surface area contributed by atoms with Gasteiger partial charge in [-0.15, -0.1) is 0 Å². The molecule has 0 radical (unpaired) electrons. The number of nitrogens with one attached hydrogen (secondary N) is 2. The van der Waals surface area contributed by atoms with Crippen LogP contribution < -0.4 is 5.32 Å². The van der Waals surface area contributed by atoms with Crippen molar-refractivity contribution in [1.82, 2.24) is 15.2 Å². The Morgan fingerprint density at radius 2 is 2.29 bits per heavy atom. The fourth-order valence-corrected chi connectivity index (χ4v) is 3.59. The molecule has 1 atom stereocenters. The molecule has 1 unspecified atom stereocenters. The van der Waals surface area contributed by atoms with E-state index < -0.39 is 5.82 Å². The van der Waals surface area contributed by atoms with Gasteiger partial charge in [0, 0.05) is 37.9 Å². The van der Waals surface area contributed by atoms with E-state index in [0.717, 1.165) is 43.7 Å². The molecule has 3 rings (SSSR count). The van der Waals surface area contributed by atoms with Crippen molar-refractivity contribution in [1.29, 1.82) is 0 Å². The van der Waals surface area contributed by atoms with E-state index in [2.05, 4.69) is 15.2 Å². The molecular weight excluding hydrogens is 329 g/mol. The summed E-state index contributed by atoms with van der Waals surface area (Å²) in [4.78, 5) is 17.5. The maximum Gasteiger partial charge on any atom is 0.252 e. The zero-order valence-corrected chi connectivity index (χ0v) is 14.4. The second-order valence-electron chi connectivity index (χ2n) is 6.21. The Morgan fingerprint density at radius 3 is 3.04 bits per heavy atom. The summed E-state index contributed by atoms with van der Waals surface area (Å²) in [6.07, 6.45) is 3.93. The third-order valence-corrected chi connectivity index (χ3v) is 4.84. The van der Waals surface area contributed by atoms with E-state index in [1.165, 1.54) is 6.07 Å². The topological polar surface area (TPSA) is 48.1 Å². The van der Waals surface area contributed by atoms with E-state index in [-0.39, 0.29) is 16.8 Å². The summed E-state index contributed by atoms with van der Waals surface area (Å²) < 4.78 is 13.3. The van der Waals surface area contributed by atoms with Crippen LogP contribution >= 0.6 is 11.6 Å². The van der Waals surface area contributed by atoms with Crippen LogP contribution in [0.4, 0.5) is 4.39 Å². The number of hydrogen-bond donors (Lipinski definition) is 2. The fraction of sp³-hybridized carbons (Fsp3) is 0.389. The summed E-state index contributed by atoms with van der Waals surface area (Å²) in [5.74, 6) is -0.163. The van der Waals surface area contributed by atoms with Gasteiger partial charge in [0.05, 0.1) is 10.6 Å². The van der Waals surface area contributed by atoms with E-state index in [1.807, 2.05) is 12.3 Å². The molecule has 1 fully saturated rings. The van der Waals surface area contributed by atoms with Gasteiger partial charge in [0.25, 0.3) is 5.91 Å². The van der Waals surface area contributed by atoms with Crippen LogP contribution in [0.3, 0.4) is 0 Å². The Balaban J connectivity index is 1.71. The standard InChI is InChI=1S/C18H21ClFN3O/c1-21-18(24)14-6-7-22-17(14)13-3-2-8-23(11-13)10-12-4-5-16(20)15(19)9-12/h4-7,9,13,22H,2-3,8,10-11H2,1H3,(H,21,24). The van der Waals surface area contributed by atoms with Gasteiger partial charge in [0.15, 0.2) is 0 Å². The molecule has 1 saturated heterocycles. The van der Waals surface area contributed by atoms with Gasteiger partial charge >= 0.3 is 0 Å². The number of halogens is 2. The van der Waals surface area contributed by atoms with Crippen molar-refractivity contribution in [2.75, 3.05) is 20.1 Å². The van der Waals surface area contributed by atoms with E-state index in [0.29, 0.717) is 5.56 Å². The first-order valence-electron chi connectivity index (χ1n) is 8.14. The molecule has 0 bridgehead atoms. The van der Waals surface area contributed by atoms with Gasteiger partial charge in [0.1, 0.15) is 5.82 Å². The van der Waals surface area contributed by atoms with Gasteiger partial charge in [-0.1, -0.05) is 17.7 Å². The van der Waals surface area contributed by atoms with Crippen molar-refractivity contribution in [3.05, 3.63) is 58.1 Å². The third kappa shape index (κ3) is 3.62. The number of rotatable bonds is 4. The normalized spacial score (nSPS) is 18.5. The lowest BCUT2D eigenvalue weighted by Crippen LogP contribution is -2.34. The largest absolute Gasteiger partial charge is 0.364 e. The van der Waals surface area contributed by atoms with Crippen molar-refractivity contribution < 1.29 is 9.18 Å². The Kier molecular flexibility index (Phi) is 5.21. The van der Waals surface area contributed by atoms with E-state index in [9.17, 15) is 9.18 Å². The molecule has 0 aliphatic carbocycles. The number of carbonyl (C=O) groups excluding carboxylic acids is 1. The monoisotopic (exact) mass is 349 g/mol. The Morgan fingerprint density at radius 1 is 1.46 bits per heavy atom. The number of nitrogens with zero attached hydrogens (tertiary/aromatic N) is 1. The lowest BCUT2D eigenvalue weighted by atomic mass is 9.92. The SMILES string of the molecule is CNC(=O)c1cc[nH]c1C1CCCN(Cc2ccc(F)c(Cl)c2)C1. The first-order chi connectivity index (χ1) is 11.6. The number of amides is 1. The number of benzene rings is 1. The average Bonchev–Trinajstić information content (AvgIpc) is 3.07. The summed E-state index contributed by atoms with van der Waals surface area (Å²) in [6.45, 7) is 2.58. The van der Waals surface area contributed by atoms with Crippen LogP contribution in [0.15, 0.2) is 30.5 Å². The van der Waals surface area contributed by atoms with E-state index in [1.54, 1.807) is 19.2 Å². The number of H-pyrrole nitrogens is 1. The summed E-state index contributed by atoms with van der Waals surface area (Å²) in [6, 6.07) is 6.70. The zero-order valence-electron chi connectivity index (χ0n) is 13.6. The molecule has 2 heterocycles. The number of aromatic nitrogens is 1. The maximum atomic E-state index is 13.3. The van der Waals surface area contributed by atoms with Crippen LogP contribution in [-0.2, 0) is 6.54 Å². The molecule has 0 spiro atoms. The Hall–Kier alpha value is -1.85. The molecule has 2 aromatic rings. The molecule has 1 aliphatic heterocycles. The Labute approximate surface area is 146 Å². The number of piperidine rings is 1. The quantitative estimate of drug-likeness (QED) is 0.886. The predicted molar refractivity (Wildman–Crippen MR) is 92.8 cm³/mol. The first-order valence-corrected chi connectivity index (χ1v) is 8.52. The Bertz CT molecular complexity index is 731. The second kappa shape index (κ2) is 7.36. The van der Waals surface area contributed by atoms with Gasteiger partial charge in [0.2, 0.25) is 0 Å². The van der Waals surface area contributed by atoms with Crippen LogP contribution in [0.5, 0.6) is 0 Å². The number of aromatic amines is 1. The van der Waals surface area contributed by atoms with Crippen molar-refractivity contribution in [3.63, 3.8) is 0 Å². The zero-order chi connectivity index (χ0) is 17.1. The molecule has 6 heteroatoms. The predicted octanol–water partition coefficient (Wildman–Crippen LogP) is 3.55. The van der Waals surface area contributed by atoms with Gasteiger partial charge < -0.3 is 10.3 Å². The minimum absolute atomic E-state index is 0.0614. The summed E-state index contributed by atoms with van der Waals surface area (Å²) >= 11 is 5.87. The highest BCUT2D eigenvalue weighted by atomic mass is 35.5. The highest BCUT2D eigenvalue weighted by Gasteiger charge is 2.26. The van der Waals surface area contributed by atoms with E-state index in [4.69, 9.17) is 11.6 Å². The summed E-state index contributed by atoms with van der Waals surface area (Å²) in [7, 11) is 1.64. The molecule has 1 aromatic carbocycles. The highest BCUT2D eigenvalue weighted by molar-refractivity contribution is 6.30. The molecule has 2 N–H and O–H groups in total. The average molecular weight is 350 g/mol. The highest BCUT2D eigenvalue weighted by Crippen LogP contribution is 2.29. The smallest absolute Gasteiger partial charge is 0.252 e. The minimum Gasteiger partial charge on any atom is -0.364 e. The van der Waals surface area contributed by atoms with E-state index >= 15 is 0 Å². The van der Waals surface area contributed by atoms with Gasteiger partial charge in [-0.05, 0) is 43.1 Å². The van der Waals surface area contributed by atoms with Crippen LogP contribution in [0.25, 0.3) is 0 Å². The molecular formula is C18H21ClFN3O. The van der Waals surface area contributed by atoms with Crippen molar-refractivity contribution in [3.8, 4) is 0 Å². The molecule has 0 saturated carbocycles. The molecule has 128 valence electrons. The molecule has 4 nitrogen and oxygen atoms in total. The second-order valence-corrected chi connectivity index (χ2v) is 6.61. The minimum atomic E-state index is -0.390. The van der Waals surface area contributed by atoms with Crippen LogP contribution in [0, 0.1) is 5.82 Å². The van der Waals surface area contributed by atoms with Crippen LogP contribution in [-0.4, -0.2) is 35.9 Å². The number of hydrogen-bond acceptors (Lipinski definition) is 2. The molecule has 24 heavy (non-hydrogen) atoms. The van der Waals surface area contributed by atoms with Crippen LogP contribution in [0.1, 0.15) is 40.4 Å². The fourth-order valence-electron chi connectivity index (χ4n) is 3.38. The summed E-state index contributed by atoms with van der Waals surface area (Å²) in [5, 5.41) is 2.85. The summed E-state index contributed by atoms with van der Waals surface area (Å²) in [5.41, 5.74) is 2.71. The van der Waals surface area contributed by atoms with Crippen molar-refractivity contribution >= 4 is 17.5 Å². The molecule has 1 aliphatic rings. The number of carbonyl (C=O) groups is 1. The maximum absolute atomic E-state index is 13.3. The lowest BCUT2D eigenvalue weighted by molar-refractivity contribution is 0.0960.